The van der Waals surface area contributed by atoms with Gasteiger partial charge in [-0.2, -0.15) is 0 Å². The van der Waals surface area contributed by atoms with E-state index in [0.29, 0.717) is 0 Å². The number of hydrogen-bond acceptors (Lipinski definition) is 4. The molecule has 0 saturated carbocycles. The summed E-state index contributed by atoms with van der Waals surface area (Å²) in [4.78, 5) is 20.9. The molecule has 0 bridgehead atoms. The topological polar surface area (TPSA) is 52.6 Å². The number of carbonyl (C=O) groups is 2. The molecule has 0 unspecified atom stereocenters. The van der Waals surface area contributed by atoms with Crippen LogP contribution in [0.4, 0.5) is 0 Å². The Morgan fingerprint density at radius 3 is 2.17 bits per heavy atom. The Bertz CT molecular complexity index is 198. The van der Waals surface area contributed by atoms with E-state index in [-0.39, 0.29) is 29.6 Å². The zero-order valence-electron chi connectivity index (χ0n) is 7.07. The van der Waals surface area contributed by atoms with Gasteiger partial charge in [0.15, 0.2) is 0 Å². The van der Waals surface area contributed by atoms with Gasteiger partial charge in [-0.05, 0) is 0 Å². The second kappa shape index (κ2) is 8.52. The van der Waals surface area contributed by atoms with Crippen molar-refractivity contribution in [2.24, 2.45) is 0 Å². The number of carbonyl (C=O) groups excluding carboxylic acids is 2. The van der Waals surface area contributed by atoms with Crippen LogP contribution in [0.1, 0.15) is 0 Å². The Kier molecular flexibility index (Phi) is 9.92. The van der Waals surface area contributed by atoms with Gasteiger partial charge in [-0.3, -0.25) is 0 Å². The normalized spacial score (nSPS) is 8.42. The van der Waals surface area contributed by atoms with Crippen molar-refractivity contribution < 1.29 is 19.1 Å². The van der Waals surface area contributed by atoms with Crippen molar-refractivity contribution in [3.63, 3.8) is 0 Å². The molecule has 0 aliphatic rings. The Labute approximate surface area is 92.5 Å². The first-order valence-electron chi connectivity index (χ1n) is 2.78. The van der Waals surface area contributed by atoms with E-state index >= 15 is 0 Å². The van der Waals surface area contributed by atoms with Crippen molar-refractivity contribution in [2.75, 3.05) is 7.11 Å². The first-order valence-corrected chi connectivity index (χ1v) is 2.78. The third kappa shape index (κ3) is 7.53. The van der Waals surface area contributed by atoms with E-state index in [1.54, 1.807) is 0 Å². The van der Waals surface area contributed by atoms with Crippen LogP contribution >= 0.6 is 0 Å². The van der Waals surface area contributed by atoms with Crippen LogP contribution in [-0.2, 0) is 19.1 Å². The van der Waals surface area contributed by atoms with Crippen LogP contribution in [0, 0.1) is 0 Å². The third-order valence-electron chi connectivity index (χ3n) is 0.756. The summed E-state index contributed by atoms with van der Waals surface area (Å²) in [5, 5.41) is 0. The first kappa shape index (κ1) is 14.0. The molecule has 12 heavy (non-hydrogen) atoms. The zero-order chi connectivity index (χ0) is 8.69. The fourth-order valence-electron chi connectivity index (χ4n) is 0.326. The van der Waals surface area contributed by atoms with Crippen molar-refractivity contribution in [3.05, 3.63) is 25.0 Å². The van der Waals surface area contributed by atoms with Gasteiger partial charge in [0, 0.05) is 41.7 Å². The summed E-state index contributed by atoms with van der Waals surface area (Å²) >= 11 is 0. The molecule has 0 N–H and O–H groups in total. The van der Waals surface area contributed by atoms with E-state index in [0.717, 1.165) is 18.4 Å². The fourth-order valence-corrected chi connectivity index (χ4v) is 0.326. The summed E-state index contributed by atoms with van der Waals surface area (Å²) in [6.45, 7) is 3.15. The Balaban J connectivity index is 0. The van der Waals surface area contributed by atoms with Gasteiger partial charge in [0.2, 0.25) is 0 Å². The van der Waals surface area contributed by atoms with E-state index in [9.17, 15) is 9.59 Å². The minimum Gasteiger partial charge on any atom is -0.466 e. The van der Waals surface area contributed by atoms with Gasteiger partial charge in [0.1, 0.15) is 0 Å². The SMILES string of the molecule is C=COC(=O)/C=C\C(=O)OC.[Na]. The summed E-state index contributed by atoms with van der Waals surface area (Å²) in [5.74, 6) is -1.27. The maximum Gasteiger partial charge on any atom is 0.335 e. The van der Waals surface area contributed by atoms with E-state index in [1.165, 1.54) is 7.11 Å². The first-order chi connectivity index (χ1) is 5.20. The molecule has 0 saturated heterocycles. The van der Waals surface area contributed by atoms with Gasteiger partial charge in [0.05, 0.1) is 13.4 Å². The van der Waals surface area contributed by atoms with Crippen molar-refractivity contribution in [1.29, 1.82) is 0 Å². The Morgan fingerprint density at radius 1 is 1.25 bits per heavy atom. The molecule has 4 nitrogen and oxygen atoms in total. The number of methoxy groups -OCH3 is 1. The fraction of sp³-hybridized carbons (Fsp3) is 0.143. The molecule has 0 heterocycles. The molecule has 1 radical (unpaired) electrons. The molecule has 5 heteroatoms. The maximum absolute atomic E-state index is 10.5. The van der Waals surface area contributed by atoms with Crippen molar-refractivity contribution >= 4 is 41.5 Å². The molecule has 0 aliphatic heterocycles. The summed E-state index contributed by atoms with van der Waals surface area (Å²) in [7, 11) is 1.21. The van der Waals surface area contributed by atoms with E-state index in [2.05, 4.69) is 16.1 Å². The van der Waals surface area contributed by atoms with Crippen LogP contribution in [0.25, 0.3) is 0 Å². The van der Waals surface area contributed by atoms with E-state index < -0.39 is 11.9 Å². The molecular weight excluding hydrogens is 171 g/mol. The quantitative estimate of drug-likeness (QED) is 0.265. The summed E-state index contributed by atoms with van der Waals surface area (Å²) in [5.41, 5.74) is 0. The number of hydrogen-bond donors (Lipinski definition) is 0. The molecule has 0 aromatic rings. The van der Waals surface area contributed by atoms with Crippen LogP contribution in [0.3, 0.4) is 0 Å². The second-order valence-corrected chi connectivity index (χ2v) is 1.46. The Hall–Kier alpha value is -0.580. The molecule has 0 rings (SSSR count). The van der Waals surface area contributed by atoms with Gasteiger partial charge in [-0.25, -0.2) is 9.59 Å². The van der Waals surface area contributed by atoms with Crippen LogP contribution in [0.5, 0.6) is 0 Å². The van der Waals surface area contributed by atoms with Gasteiger partial charge in [-0.1, -0.05) is 6.58 Å². The van der Waals surface area contributed by atoms with Crippen LogP contribution in [0.15, 0.2) is 25.0 Å². The molecule has 0 fully saturated rings. The third-order valence-corrected chi connectivity index (χ3v) is 0.756. The molecule has 0 aliphatic carbocycles. The van der Waals surface area contributed by atoms with Crippen LogP contribution in [0.2, 0.25) is 0 Å². The molecule has 0 aromatic carbocycles. The Morgan fingerprint density at radius 2 is 1.75 bits per heavy atom. The minimum atomic E-state index is -0.662. The van der Waals surface area contributed by atoms with Gasteiger partial charge in [0.25, 0.3) is 0 Å². The number of esters is 2. The van der Waals surface area contributed by atoms with Crippen LogP contribution in [-0.4, -0.2) is 48.6 Å². The molecular formula is C7H8NaO4. The smallest absolute Gasteiger partial charge is 0.335 e. The molecule has 0 aromatic heterocycles. The summed E-state index contributed by atoms with van der Waals surface area (Å²) in [6, 6.07) is 0. The van der Waals surface area contributed by atoms with Crippen LogP contribution < -0.4 is 0 Å². The molecule has 0 amide bonds. The molecule has 61 valence electrons. The zero-order valence-corrected chi connectivity index (χ0v) is 9.07. The maximum atomic E-state index is 10.5. The van der Waals surface area contributed by atoms with Gasteiger partial charge in [-0.15, -0.1) is 0 Å². The largest absolute Gasteiger partial charge is 0.466 e. The molecule has 0 spiro atoms. The standard InChI is InChI=1S/C7H8O4.Na/c1-3-11-7(9)5-4-6(8)10-2;/h3-5H,1H2,2H3;/b5-4-;. The average molecular weight is 179 g/mol. The predicted molar refractivity (Wildman–Crippen MR) is 43.2 cm³/mol. The number of ether oxygens (including phenoxy) is 2. The average Bonchev–Trinajstić information content (AvgIpc) is 2.01. The van der Waals surface area contributed by atoms with Crippen molar-refractivity contribution in [2.45, 2.75) is 0 Å². The summed E-state index contributed by atoms with van der Waals surface area (Å²) < 4.78 is 8.49. The summed E-state index contributed by atoms with van der Waals surface area (Å²) in [6.07, 6.45) is 2.89. The van der Waals surface area contributed by atoms with Gasteiger partial charge < -0.3 is 9.47 Å². The van der Waals surface area contributed by atoms with Gasteiger partial charge >= 0.3 is 11.9 Å². The monoisotopic (exact) mass is 179 g/mol. The minimum absolute atomic E-state index is 0. The van der Waals surface area contributed by atoms with Crippen molar-refractivity contribution in [3.8, 4) is 0 Å². The molecule has 0 atom stereocenters. The predicted octanol–water partition coefficient (Wildman–Crippen LogP) is 0.0215. The van der Waals surface area contributed by atoms with E-state index in [4.69, 9.17) is 0 Å². The number of rotatable bonds is 3. The van der Waals surface area contributed by atoms with E-state index in [1.807, 2.05) is 0 Å². The second-order valence-electron chi connectivity index (χ2n) is 1.46. The van der Waals surface area contributed by atoms with Crippen molar-refractivity contribution in [1.82, 2.24) is 0 Å².